The van der Waals surface area contributed by atoms with Gasteiger partial charge in [-0.1, -0.05) is 13.8 Å². The van der Waals surface area contributed by atoms with Gasteiger partial charge in [0.15, 0.2) is 5.82 Å². The summed E-state index contributed by atoms with van der Waals surface area (Å²) in [5.74, 6) is 1.49. The molecule has 0 amide bonds. The van der Waals surface area contributed by atoms with Crippen LogP contribution in [0.4, 0.5) is 5.82 Å². The van der Waals surface area contributed by atoms with Crippen molar-refractivity contribution < 1.29 is 4.74 Å². The summed E-state index contributed by atoms with van der Waals surface area (Å²) in [5.41, 5.74) is 6.25. The fourth-order valence-electron chi connectivity index (χ4n) is 1.48. The lowest BCUT2D eigenvalue weighted by Crippen LogP contribution is -2.26. The largest absolute Gasteiger partial charge is 0.384 e. The maximum Gasteiger partial charge on any atom is 0.162 e. The molecule has 0 saturated carbocycles. The molecule has 90 valence electrons. The molecule has 0 unspecified atom stereocenters. The molecule has 0 fully saturated rings. The minimum absolute atomic E-state index is 0.335. The van der Waals surface area contributed by atoms with Crippen LogP contribution in [-0.4, -0.2) is 16.6 Å². The second-order valence-electron chi connectivity index (χ2n) is 4.64. The summed E-state index contributed by atoms with van der Waals surface area (Å²) in [4.78, 5) is 8.76. The van der Waals surface area contributed by atoms with Crippen molar-refractivity contribution in [2.24, 2.45) is 0 Å². The normalized spacial score (nSPS) is 12.1. The standard InChI is InChI=1S/C12H21N3O/c1-6-16-12(4,5)11-14-9(8(2)3)7-10(13)15-11/h7-8H,6H2,1-5H3,(H2,13,14,15). The van der Waals surface area contributed by atoms with E-state index in [1.54, 1.807) is 0 Å². The van der Waals surface area contributed by atoms with Crippen LogP contribution in [0.2, 0.25) is 0 Å². The summed E-state index contributed by atoms with van der Waals surface area (Å²) < 4.78 is 5.62. The van der Waals surface area contributed by atoms with E-state index in [1.807, 2.05) is 26.8 Å². The number of nitrogens with two attached hydrogens (primary N) is 1. The van der Waals surface area contributed by atoms with Gasteiger partial charge >= 0.3 is 0 Å². The van der Waals surface area contributed by atoms with E-state index in [0.29, 0.717) is 24.2 Å². The first-order valence-corrected chi connectivity index (χ1v) is 5.65. The predicted molar refractivity (Wildman–Crippen MR) is 65.2 cm³/mol. The molecular weight excluding hydrogens is 202 g/mol. The molecule has 0 aromatic carbocycles. The van der Waals surface area contributed by atoms with E-state index in [2.05, 4.69) is 23.8 Å². The van der Waals surface area contributed by atoms with Crippen LogP contribution in [-0.2, 0) is 10.3 Å². The summed E-state index contributed by atoms with van der Waals surface area (Å²) in [6, 6.07) is 1.82. The SMILES string of the molecule is CCOC(C)(C)c1nc(N)cc(C(C)C)n1. The zero-order valence-electron chi connectivity index (χ0n) is 10.7. The number of hydrogen-bond donors (Lipinski definition) is 1. The predicted octanol–water partition coefficient (Wildman–Crippen LogP) is 2.45. The van der Waals surface area contributed by atoms with Gasteiger partial charge in [0, 0.05) is 18.4 Å². The molecule has 0 bridgehead atoms. The van der Waals surface area contributed by atoms with Crippen LogP contribution in [0.3, 0.4) is 0 Å². The van der Waals surface area contributed by atoms with Crippen LogP contribution in [0.25, 0.3) is 0 Å². The number of nitrogen functional groups attached to an aromatic ring is 1. The Hall–Kier alpha value is -1.16. The number of anilines is 1. The third kappa shape index (κ3) is 2.92. The molecule has 4 nitrogen and oxygen atoms in total. The zero-order valence-corrected chi connectivity index (χ0v) is 10.7. The minimum Gasteiger partial charge on any atom is -0.384 e. The molecule has 0 aliphatic rings. The van der Waals surface area contributed by atoms with E-state index < -0.39 is 5.60 Å². The number of hydrogen-bond acceptors (Lipinski definition) is 4. The topological polar surface area (TPSA) is 61.0 Å². The van der Waals surface area contributed by atoms with Crippen molar-refractivity contribution in [1.29, 1.82) is 0 Å². The number of aromatic nitrogens is 2. The molecule has 0 saturated heterocycles. The first-order valence-electron chi connectivity index (χ1n) is 5.65. The van der Waals surface area contributed by atoms with Crippen molar-refractivity contribution in [3.8, 4) is 0 Å². The van der Waals surface area contributed by atoms with Crippen molar-refractivity contribution in [2.75, 3.05) is 12.3 Å². The van der Waals surface area contributed by atoms with Gasteiger partial charge < -0.3 is 10.5 Å². The highest BCUT2D eigenvalue weighted by Gasteiger charge is 2.25. The van der Waals surface area contributed by atoms with E-state index in [4.69, 9.17) is 10.5 Å². The molecule has 1 rings (SSSR count). The quantitative estimate of drug-likeness (QED) is 0.851. The Balaban J connectivity index is 3.13. The van der Waals surface area contributed by atoms with Crippen molar-refractivity contribution in [2.45, 2.75) is 46.1 Å². The smallest absolute Gasteiger partial charge is 0.162 e. The maximum absolute atomic E-state index is 5.78. The first kappa shape index (κ1) is 12.9. The summed E-state index contributed by atoms with van der Waals surface area (Å²) >= 11 is 0. The van der Waals surface area contributed by atoms with E-state index in [0.717, 1.165) is 5.69 Å². The van der Waals surface area contributed by atoms with Gasteiger partial charge in [0.25, 0.3) is 0 Å². The van der Waals surface area contributed by atoms with Crippen LogP contribution < -0.4 is 5.73 Å². The van der Waals surface area contributed by atoms with Crippen molar-refractivity contribution >= 4 is 5.82 Å². The van der Waals surface area contributed by atoms with Crippen molar-refractivity contribution in [3.63, 3.8) is 0 Å². The molecule has 16 heavy (non-hydrogen) atoms. The number of ether oxygens (including phenoxy) is 1. The second kappa shape index (κ2) is 4.78. The van der Waals surface area contributed by atoms with E-state index in [9.17, 15) is 0 Å². The van der Waals surface area contributed by atoms with Crippen LogP contribution >= 0.6 is 0 Å². The molecule has 1 aromatic heterocycles. The Bertz CT molecular complexity index is 361. The van der Waals surface area contributed by atoms with Gasteiger partial charge in [-0.05, 0) is 26.7 Å². The lowest BCUT2D eigenvalue weighted by molar-refractivity contribution is -0.0208. The van der Waals surface area contributed by atoms with E-state index >= 15 is 0 Å². The Kier molecular flexibility index (Phi) is 3.86. The first-order chi connectivity index (χ1) is 7.36. The molecule has 1 heterocycles. The highest BCUT2D eigenvalue weighted by molar-refractivity contribution is 5.32. The van der Waals surface area contributed by atoms with Crippen LogP contribution in [0.5, 0.6) is 0 Å². The molecule has 0 aliphatic carbocycles. The average Bonchev–Trinajstić information content (AvgIpc) is 2.16. The summed E-state index contributed by atoms with van der Waals surface area (Å²) in [7, 11) is 0. The molecular formula is C12H21N3O. The summed E-state index contributed by atoms with van der Waals surface area (Å²) in [6.45, 7) is 10.7. The monoisotopic (exact) mass is 223 g/mol. The Labute approximate surface area is 97.2 Å². The van der Waals surface area contributed by atoms with Gasteiger partial charge in [0.2, 0.25) is 0 Å². The lowest BCUT2D eigenvalue weighted by Gasteiger charge is -2.24. The van der Waals surface area contributed by atoms with Crippen molar-refractivity contribution in [3.05, 3.63) is 17.6 Å². The molecule has 4 heteroatoms. The Morgan fingerprint density at radius 1 is 1.38 bits per heavy atom. The van der Waals surface area contributed by atoms with Crippen molar-refractivity contribution in [1.82, 2.24) is 9.97 Å². The van der Waals surface area contributed by atoms with Crippen LogP contribution in [0.15, 0.2) is 6.07 Å². The van der Waals surface area contributed by atoms with Gasteiger partial charge in [0.1, 0.15) is 11.4 Å². The lowest BCUT2D eigenvalue weighted by atomic mass is 10.1. The van der Waals surface area contributed by atoms with Crippen LogP contribution in [0.1, 0.15) is 52.1 Å². The third-order valence-corrected chi connectivity index (χ3v) is 2.40. The fraction of sp³-hybridized carbons (Fsp3) is 0.667. The average molecular weight is 223 g/mol. The second-order valence-corrected chi connectivity index (χ2v) is 4.64. The molecule has 2 N–H and O–H groups in total. The Morgan fingerprint density at radius 3 is 2.50 bits per heavy atom. The van der Waals surface area contributed by atoms with Gasteiger partial charge in [-0.25, -0.2) is 9.97 Å². The van der Waals surface area contributed by atoms with Gasteiger partial charge in [-0.2, -0.15) is 0 Å². The van der Waals surface area contributed by atoms with Gasteiger partial charge in [-0.15, -0.1) is 0 Å². The molecule has 1 aromatic rings. The van der Waals surface area contributed by atoms with Gasteiger partial charge in [-0.3, -0.25) is 0 Å². The summed E-state index contributed by atoms with van der Waals surface area (Å²) in [5, 5.41) is 0. The maximum atomic E-state index is 5.78. The molecule has 0 radical (unpaired) electrons. The highest BCUT2D eigenvalue weighted by atomic mass is 16.5. The Morgan fingerprint density at radius 2 is 2.00 bits per heavy atom. The zero-order chi connectivity index (χ0) is 12.3. The molecule has 0 aliphatic heterocycles. The van der Waals surface area contributed by atoms with Crippen LogP contribution in [0, 0.1) is 0 Å². The summed E-state index contributed by atoms with van der Waals surface area (Å²) in [6.07, 6.45) is 0. The number of nitrogens with zero attached hydrogens (tertiary/aromatic N) is 2. The van der Waals surface area contributed by atoms with E-state index in [-0.39, 0.29) is 0 Å². The molecule has 0 atom stereocenters. The van der Waals surface area contributed by atoms with Gasteiger partial charge in [0.05, 0.1) is 0 Å². The molecule has 0 spiro atoms. The third-order valence-electron chi connectivity index (χ3n) is 2.40. The highest BCUT2D eigenvalue weighted by Crippen LogP contribution is 2.24. The van der Waals surface area contributed by atoms with E-state index in [1.165, 1.54) is 0 Å². The minimum atomic E-state index is -0.492. The number of rotatable bonds is 4. The fourth-order valence-corrected chi connectivity index (χ4v) is 1.48.